The molecule has 1 aliphatic rings. The van der Waals surface area contributed by atoms with Crippen LogP contribution in [0.15, 0.2) is 54.6 Å². The molecule has 25 heavy (non-hydrogen) atoms. The topological polar surface area (TPSA) is 32.5 Å². The minimum atomic E-state index is -3.57. The van der Waals surface area contributed by atoms with Crippen LogP contribution >= 0.6 is 0 Å². The fraction of sp³-hybridized carbons (Fsp3) is 0.222. The van der Waals surface area contributed by atoms with Crippen molar-refractivity contribution in [3.05, 3.63) is 66.0 Å². The Morgan fingerprint density at radius 3 is 2.32 bits per heavy atom. The zero-order valence-electron chi connectivity index (χ0n) is 14.3. The number of rotatable bonds is 3. The molecule has 0 aliphatic carbocycles. The third kappa shape index (κ3) is 2.60. The van der Waals surface area contributed by atoms with Crippen LogP contribution in [-0.2, 0) is 15.0 Å². The van der Waals surface area contributed by atoms with Crippen LogP contribution in [0.3, 0.4) is 0 Å². The molecule has 0 spiro atoms. The van der Waals surface area contributed by atoms with Crippen molar-refractivity contribution in [2.75, 3.05) is 14.1 Å². The zero-order chi connectivity index (χ0) is 18.2. The number of halogens is 2. The quantitative estimate of drug-likeness (QED) is 0.631. The molecule has 0 radical (unpaired) electrons. The molecule has 0 N–H and O–H groups in total. The Kier molecular flexibility index (Phi) is 4.10. The Balaban J connectivity index is 2.27. The van der Waals surface area contributed by atoms with E-state index in [2.05, 4.69) is 0 Å². The SMILES string of the molecule is CN(C)/C=[N+]1\[B-](F)(c2ccccc2F)OC(=O)[C@]1(C)c1ccccc1. The standard InChI is InChI=1S/C18H19BF2N2O2/c1-18(14-9-5-4-6-10-14)17(24)25-19(21,23(18)13-22(2)3)15-11-7-8-12-16(15)20/h4-13H,1-3H3/b23-13-/t18-,19?/m0/s1. The van der Waals surface area contributed by atoms with Gasteiger partial charge >= 0.3 is 12.7 Å². The first-order valence-electron chi connectivity index (χ1n) is 7.97. The molecule has 1 unspecified atom stereocenters. The summed E-state index contributed by atoms with van der Waals surface area (Å²) in [4.78, 5) is 14.3. The Morgan fingerprint density at radius 2 is 1.72 bits per heavy atom. The lowest BCUT2D eigenvalue weighted by molar-refractivity contribution is -0.483. The van der Waals surface area contributed by atoms with E-state index in [0.29, 0.717) is 5.56 Å². The van der Waals surface area contributed by atoms with Gasteiger partial charge in [0.2, 0.25) is 0 Å². The number of carbonyl (C=O) groups excluding carboxylic acids is 1. The van der Waals surface area contributed by atoms with E-state index in [4.69, 9.17) is 4.65 Å². The van der Waals surface area contributed by atoms with Crippen LogP contribution in [0, 0.1) is 5.82 Å². The van der Waals surface area contributed by atoms with Gasteiger partial charge in [0.15, 0.2) is 11.9 Å². The van der Waals surface area contributed by atoms with Crippen molar-refractivity contribution in [3.63, 3.8) is 0 Å². The average Bonchev–Trinajstić information content (AvgIpc) is 2.78. The summed E-state index contributed by atoms with van der Waals surface area (Å²) < 4.78 is 36.7. The Morgan fingerprint density at radius 1 is 1.12 bits per heavy atom. The summed E-state index contributed by atoms with van der Waals surface area (Å²) in [5.41, 5.74) is -1.13. The molecule has 0 bridgehead atoms. The van der Waals surface area contributed by atoms with Gasteiger partial charge in [-0.05, 0) is 18.5 Å². The second-order valence-corrected chi connectivity index (χ2v) is 6.50. The van der Waals surface area contributed by atoms with Gasteiger partial charge in [-0.1, -0.05) is 48.5 Å². The van der Waals surface area contributed by atoms with E-state index in [0.717, 1.165) is 6.07 Å². The highest BCUT2D eigenvalue weighted by molar-refractivity contribution is 6.76. The molecule has 1 fully saturated rings. The predicted molar refractivity (Wildman–Crippen MR) is 92.8 cm³/mol. The van der Waals surface area contributed by atoms with Gasteiger partial charge in [-0.3, -0.25) is 9.69 Å². The van der Waals surface area contributed by atoms with Gasteiger partial charge in [-0.15, -0.1) is 0 Å². The second-order valence-electron chi connectivity index (χ2n) is 6.50. The van der Waals surface area contributed by atoms with Gasteiger partial charge in [0.05, 0.1) is 19.9 Å². The molecule has 1 aliphatic heterocycles. The maximum absolute atomic E-state index is 16.0. The summed E-state index contributed by atoms with van der Waals surface area (Å²) in [7, 11) is 3.40. The lowest BCUT2D eigenvalue weighted by atomic mass is 9.65. The van der Waals surface area contributed by atoms with E-state index in [1.807, 2.05) is 0 Å². The minimum Gasteiger partial charge on any atom is -0.619 e. The Labute approximate surface area is 145 Å². The van der Waals surface area contributed by atoms with Crippen molar-refractivity contribution in [2.24, 2.45) is 0 Å². The van der Waals surface area contributed by atoms with Crippen LogP contribution in [0.4, 0.5) is 8.71 Å². The molecule has 2 aromatic rings. The molecular weight excluding hydrogens is 325 g/mol. The van der Waals surface area contributed by atoms with Crippen LogP contribution < -0.4 is 5.46 Å². The molecule has 130 valence electrons. The van der Waals surface area contributed by atoms with Gasteiger partial charge in [-0.2, -0.15) is 0 Å². The number of nitrogens with zero attached hydrogens (tertiary/aromatic N) is 2. The second kappa shape index (κ2) is 5.99. The van der Waals surface area contributed by atoms with E-state index in [1.165, 1.54) is 29.0 Å². The van der Waals surface area contributed by atoms with Crippen LogP contribution in [-0.4, -0.2) is 42.6 Å². The van der Waals surface area contributed by atoms with Crippen molar-refractivity contribution in [1.82, 2.24) is 4.90 Å². The van der Waals surface area contributed by atoms with Gasteiger partial charge in [0.25, 0.3) is 0 Å². The predicted octanol–water partition coefficient (Wildman–Crippen LogP) is 2.02. The first kappa shape index (κ1) is 17.1. The fourth-order valence-corrected chi connectivity index (χ4v) is 3.21. The summed E-state index contributed by atoms with van der Waals surface area (Å²) in [6.45, 7) is -1.99. The third-order valence-electron chi connectivity index (χ3n) is 4.51. The van der Waals surface area contributed by atoms with Gasteiger partial charge in [0, 0.05) is 5.56 Å². The molecule has 1 saturated heterocycles. The summed E-state index contributed by atoms with van der Waals surface area (Å²) in [5.74, 6) is -1.52. The Bertz CT molecular complexity index is 844. The maximum atomic E-state index is 16.0. The number of hydrogen-bond donors (Lipinski definition) is 0. The molecule has 2 atom stereocenters. The average molecular weight is 344 g/mol. The van der Waals surface area contributed by atoms with Gasteiger partial charge in [-0.25, -0.2) is 4.39 Å². The van der Waals surface area contributed by atoms with Gasteiger partial charge < -0.3 is 13.5 Å². The monoisotopic (exact) mass is 344 g/mol. The highest BCUT2D eigenvalue weighted by Gasteiger charge is 2.61. The van der Waals surface area contributed by atoms with Crippen LogP contribution in [0.2, 0.25) is 0 Å². The molecule has 0 amide bonds. The molecule has 2 aromatic carbocycles. The lowest BCUT2D eigenvalue weighted by Crippen LogP contribution is -2.58. The first-order valence-corrected chi connectivity index (χ1v) is 7.97. The summed E-state index contributed by atoms with van der Waals surface area (Å²) >= 11 is 0. The Hall–Kier alpha value is -2.70. The van der Waals surface area contributed by atoms with Crippen molar-refractivity contribution < 1.29 is 22.6 Å². The minimum absolute atomic E-state index is 0.284. The summed E-state index contributed by atoms with van der Waals surface area (Å²) in [5, 5.41) is 0. The highest BCUT2D eigenvalue weighted by Crippen LogP contribution is 2.37. The molecule has 0 aromatic heterocycles. The van der Waals surface area contributed by atoms with Crippen molar-refractivity contribution in [1.29, 1.82) is 0 Å². The zero-order valence-corrected chi connectivity index (χ0v) is 14.3. The maximum Gasteiger partial charge on any atom is 0.571 e. The smallest absolute Gasteiger partial charge is 0.571 e. The molecule has 7 heteroatoms. The highest BCUT2D eigenvalue weighted by atomic mass is 19.1. The van der Waals surface area contributed by atoms with Gasteiger partial charge in [0.1, 0.15) is 0 Å². The molecule has 1 heterocycles. The molecular formula is C18H19BF2N2O2. The molecule has 0 saturated carbocycles. The third-order valence-corrected chi connectivity index (χ3v) is 4.51. The number of hydrogen-bond acceptors (Lipinski definition) is 2. The van der Waals surface area contributed by atoms with Crippen molar-refractivity contribution >= 4 is 24.5 Å². The lowest BCUT2D eigenvalue weighted by Gasteiger charge is -2.31. The van der Waals surface area contributed by atoms with E-state index in [9.17, 15) is 9.18 Å². The largest absolute Gasteiger partial charge is 0.619 e. The normalized spacial score (nSPS) is 27.4. The van der Waals surface area contributed by atoms with Crippen LogP contribution in [0.5, 0.6) is 0 Å². The molecule has 4 nitrogen and oxygen atoms in total. The van der Waals surface area contributed by atoms with Crippen molar-refractivity contribution in [2.45, 2.75) is 12.5 Å². The van der Waals surface area contributed by atoms with E-state index < -0.39 is 24.1 Å². The number of carbonyl (C=O) groups is 1. The summed E-state index contributed by atoms with van der Waals surface area (Å²) in [6.07, 6.45) is 1.43. The van der Waals surface area contributed by atoms with E-state index >= 15 is 4.32 Å². The van der Waals surface area contributed by atoms with E-state index in [1.54, 1.807) is 56.3 Å². The fourth-order valence-electron chi connectivity index (χ4n) is 3.21. The number of benzene rings is 2. The molecule has 3 rings (SSSR count). The van der Waals surface area contributed by atoms with Crippen molar-refractivity contribution in [3.8, 4) is 0 Å². The first-order chi connectivity index (χ1) is 11.8. The van der Waals surface area contributed by atoms with Crippen LogP contribution in [0.25, 0.3) is 0 Å². The summed E-state index contributed by atoms with van der Waals surface area (Å²) in [6, 6.07) is 14.2. The van der Waals surface area contributed by atoms with Crippen LogP contribution in [0.1, 0.15) is 12.5 Å². The van der Waals surface area contributed by atoms with E-state index in [-0.39, 0.29) is 5.46 Å².